The van der Waals surface area contributed by atoms with Crippen molar-refractivity contribution in [2.75, 3.05) is 39.5 Å². The minimum atomic E-state index is -0.0666. The fourth-order valence-corrected chi connectivity index (χ4v) is 3.27. The number of benzene rings is 1. The van der Waals surface area contributed by atoms with Gasteiger partial charge in [-0.15, -0.1) is 0 Å². The number of ether oxygens (including phenoxy) is 2. The summed E-state index contributed by atoms with van der Waals surface area (Å²) in [5.41, 5.74) is 0. The molecule has 5 heteroatoms. The zero-order valence-electron chi connectivity index (χ0n) is 14.9. The van der Waals surface area contributed by atoms with E-state index < -0.39 is 0 Å². The molecule has 0 spiro atoms. The smallest absolute Gasteiger partial charge is 0.257 e. The molecule has 1 amide bonds. The Morgan fingerprint density at radius 2 is 1.88 bits per heavy atom. The van der Waals surface area contributed by atoms with Gasteiger partial charge >= 0.3 is 0 Å². The first-order valence-electron chi connectivity index (χ1n) is 9.01. The molecule has 1 atom stereocenters. The molecular formula is C19H30N2O3. The van der Waals surface area contributed by atoms with E-state index in [0.717, 1.165) is 44.9 Å². The predicted molar refractivity (Wildman–Crippen MR) is 95.2 cm³/mol. The van der Waals surface area contributed by atoms with Crippen LogP contribution in [0.25, 0.3) is 0 Å². The lowest BCUT2D eigenvalue weighted by Crippen LogP contribution is -2.52. The Kier molecular flexibility index (Phi) is 8.05. The Balaban J connectivity index is 1.83. The van der Waals surface area contributed by atoms with Gasteiger partial charge in [0.05, 0.1) is 13.2 Å². The molecule has 1 heterocycles. The second-order valence-corrected chi connectivity index (χ2v) is 6.20. The fraction of sp³-hybridized carbons (Fsp3) is 0.632. The normalized spacial score (nSPS) is 16.8. The van der Waals surface area contributed by atoms with Gasteiger partial charge in [0.2, 0.25) is 0 Å². The molecule has 1 aromatic carbocycles. The van der Waals surface area contributed by atoms with Crippen LogP contribution in [0.3, 0.4) is 0 Å². The Morgan fingerprint density at radius 3 is 2.50 bits per heavy atom. The van der Waals surface area contributed by atoms with E-state index in [1.54, 1.807) is 0 Å². The van der Waals surface area contributed by atoms with Crippen molar-refractivity contribution in [1.82, 2.24) is 10.2 Å². The Morgan fingerprint density at radius 1 is 1.21 bits per heavy atom. The lowest BCUT2D eigenvalue weighted by Gasteiger charge is -2.38. The zero-order chi connectivity index (χ0) is 17.2. The summed E-state index contributed by atoms with van der Waals surface area (Å²) in [6, 6.07) is 9.80. The van der Waals surface area contributed by atoms with Crippen LogP contribution in [0, 0.1) is 5.92 Å². The Labute approximate surface area is 145 Å². The topological polar surface area (TPSA) is 50.8 Å². The number of hydrogen-bond acceptors (Lipinski definition) is 4. The standard InChI is InChI=1S/C19H30N2O3/c1-3-16(4-2)18(21-10-12-23-13-11-21)14-20-19(22)15-24-17-8-6-5-7-9-17/h5-9,16,18H,3-4,10-15H2,1-2H3,(H,20,22). The van der Waals surface area contributed by atoms with Crippen molar-refractivity contribution in [3.8, 4) is 5.75 Å². The van der Waals surface area contributed by atoms with E-state index in [-0.39, 0.29) is 12.5 Å². The summed E-state index contributed by atoms with van der Waals surface area (Å²) in [5, 5.41) is 3.05. The molecule has 5 nitrogen and oxygen atoms in total. The van der Waals surface area contributed by atoms with Gasteiger partial charge in [-0.2, -0.15) is 0 Å². The number of hydrogen-bond donors (Lipinski definition) is 1. The zero-order valence-corrected chi connectivity index (χ0v) is 14.9. The summed E-state index contributed by atoms with van der Waals surface area (Å²) in [6.45, 7) is 8.62. The number of para-hydroxylation sites is 1. The van der Waals surface area contributed by atoms with Gasteiger partial charge in [-0.1, -0.05) is 44.9 Å². The van der Waals surface area contributed by atoms with E-state index in [0.29, 0.717) is 18.5 Å². The fourth-order valence-electron chi connectivity index (χ4n) is 3.27. The third kappa shape index (κ3) is 5.80. The molecule has 24 heavy (non-hydrogen) atoms. The molecule has 0 saturated carbocycles. The van der Waals surface area contributed by atoms with Gasteiger partial charge in [0.25, 0.3) is 5.91 Å². The molecule has 0 radical (unpaired) electrons. The van der Waals surface area contributed by atoms with Gasteiger partial charge in [0.15, 0.2) is 6.61 Å². The molecule has 1 unspecified atom stereocenters. The molecule has 0 aromatic heterocycles. The van der Waals surface area contributed by atoms with E-state index in [4.69, 9.17) is 9.47 Å². The number of morpholine rings is 1. The molecule has 0 bridgehead atoms. The first kappa shape index (κ1) is 18.7. The second kappa shape index (κ2) is 10.3. The molecule has 1 aromatic rings. The average Bonchev–Trinajstić information content (AvgIpc) is 2.65. The van der Waals surface area contributed by atoms with Crippen molar-refractivity contribution >= 4 is 5.91 Å². The van der Waals surface area contributed by atoms with Gasteiger partial charge in [-0.05, 0) is 18.1 Å². The number of nitrogens with one attached hydrogen (secondary N) is 1. The molecule has 1 saturated heterocycles. The van der Waals surface area contributed by atoms with Crippen LogP contribution < -0.4 is 10.1 Å². The molecule has 1 fully saturated rings. The summed E-state index contributed by atoms with van der Waals surface area (Å²) in [5.74, 6) is 1.24. The Hall–Kier alpha value is -1.59. The van der Waals surface area contributed by atoms with Crippen LogP contribution in [0.5, 0.6) is 5.75 Å². The third-order valence-electron chi connectivity index (χ3n) is 4.73. The van der Waals surface area contributed by atoms with Gasteiger partial charge in [-0.3, -0.25) is 9.69 Å². The van der Waals surface area contributed by atoms with Crippen LogP contribution in [-0.2, 0) is 9.53 Å². The molecule has 1 aliphatic heterocycles. The maximum absolute atomic E-state index is 12.1. The summed E-state index contributed by atoms with van der Waals surface area (Å²) in [4.78, 5) is 14.6. The number of rotatable bonds is 9. The first-order valence-corrected chi connectivity index (χ1v) is 9.01. The quantitative estimate of drug-likeness (QED) is 0.753. The van der Waals surface area contributed by atoms with E-state index in [1.807, 2.05) is 30.3 Å². The van der Waals surface area contributed by atoms with Crippen LogP contribution in [-0.4, -0.2) is 56.3 Å². The van der Waals surface area contributed by atoms with Crippen LogP contribution in [0.4, 0.5) is 0 Å². The van der Waals surface area contributed by atoms with E-state index in [1.165, 1.54) is 0 Å². The molecule has 134 valence electrons. The highest BCUT2D eigenvalue weighted by Gasteiger charge is 2.27. The van der Waals surface area contributed by atoms with Crippen molar-refractivity contribution in [2.45, 2.75) is 32.7 Å². The van der Waals surface area contributed by atoms with E-state index in [2.05, 4.69) is 24.1 Å². The van der Waals surface area contributed by atoms with Crippen LogP contribution >= 0.6 is 0 Å². The van der Waals surface area contributed by atoms with Crippen LogP contribution in [0.2, 0.25) is 0 Å². The maximum Gasteiger partial charge on any atom is 0.257 e. The lowest BCUT2D eigenvalue weighted by atomic mass is 9.92. The predicted octanol–water partition coefficient (Wildman–Crippen LogP) is 2.32. The maximum atomic E-state index is 12.1. The minimum absolute atomic E-state index is 0.0583. The van der Waals surface area contributed by atoms with Crippen LogP contribution in [0.1, 0.15) is 26.7 Å². The Bertz CT molecular complexity index is 471. The highest BCUT2D eigenvalue weighted by Crippen LogP contribution is 2.19. The SMILES string of the molecule is CCC(CC)C(CNC(=O)COc1ccccc1)N1CCOCC1. The summed E-state index contributed by atoms with van der Waals surface area (Å²) in [7, 11) is 0. The second-order valence-electron chi connectivity index (χ2n) is 6.20. The van der Waals surface area contributed by atoms with Gasteiger partial charge < -0.3 is 14.8 Å². The highest BCUT2D eigenvalue weighted by atomic mass is 16.5. The van der Waals surface area contributed by atoms with Gasteiger partial charge in [0.1, 0.15) is 5.75 Å². The largest absolute Gasteiger partial charge is 0.484 e. The van der Waals surface area contributed by atoms with Crippen molar-refractivity contribution in [3.05, 3.63) is 30.3 Å². The van der Waals surface area contributed by atoms with Gasteiger partial charge in [-0.25, -0.2) is 0 Å². The number of nitrogens with zero attached hydrogens (tertiary/aromatic N) is 1. The highest BCUT2D eigenvalue weighted by molar-refractivity contribution is 5.77. The summed E-state index contributed by atoms with van der Waals surface area (Å²) in [6.07, 6.45) is 2.24. The van der Waals surface area contributed by atoms with E-state index in [9.17, 15) is 4.79 Å². The van der Waals surface area contributed by atoms with Crippen LogP contribution in [0.15, 0.2) is 30.3 Å². The van der Waals surface area contributed by atoms with Gasteiger partial charge in [0, 0.05) is 25.7 Å². The van der Waals surface area contributed by atoms with Crippen molar-refractivity contribution in [2.24, 2.45) is 5.92 Å². The molecule has 1 aliphatic rings. The summed E-state index contributed by atoms with van der Waals surface area (Å²) < 4.78 is 11.0. The van der Waals surface area contributed by atoms with Crippen molar-refractivity contribution in [1.29, 1.82) is 0 Å². The molecule has 1 N–H and O–H groups in total. The molecule has 2 rings (SSSR count). The first-order chi connectivity index (χ1) is 11.7. The third-order valence-corrected chi connectivity index (χ3v) is 4.73. The number of carbonyl (C=O) groups excluding carboxylic acids is 1. The van der Waals surface area contributed by atoms with Crippen molar-refractivity contribution < 1.29 is 14.3 Å². The van der Waals surface area contributed by atoms with Crippen molar-refractivity contribution in [3.63, 3.8) is 0 Å². The average molecular weight is 334 g/mol. The number of carbonyl (C=O) groups is 1. The lowest BCUT2D eigenvalue weighted by molar-refractivity contribution is -0.123. The monoisotopic (exact) mass is 334 g/mol. The minimum Gasteiger partial charge on any atom is -0.484 e. The molecular weight excluding hydrogens is 304 g/mol. The molecule has 0 aliphatic carbocycles. The van der Waals surface area contributed by atoms with E-state index >= 15 is 0 Å². The summed E-state index contributed by atoms with van der Waals surface area (Å²) >= 11 is 0. The number of amides is 1.